The van der Waals surface area contributed by atoms with Gasteiger partial charge in [-0.25, -0.2) is 0 Å². The van der Waals surface area contributed by atoms with Gasteiger partial charge < -0.3 is 5.11 Å². The molecule has 11 heavy (non-hydrogen) atoms. The van der Waals surface area contributed by atoms with Crippen molar-refractivity contribution in [3.8, 4) is 0 Å². The van der Waals surface area contributed by atoms with Gasteiger partial charge in [0.2, 0.25) is 0 Å². The molecule has 66 valence electrons. The van der Waals surface area contributed by atoms with Crippen molar-refractivity contribution in [1.82, 2.24) is 0 Å². The molecule has 0 fully saturated rings. The number of rotatable bonds is 2. The molecule has 0 spiro atoms. The second kappa shape index (κ2) is 2.84. The fourth-order valence-corrected chi connectivity index (χ4v) is 1.14. The lowest BCUT2D eigenvalue weighted by atomic mass is 9.76. The van der Waals surface area contributed by atoms with Crippen LogP contribution in [0.3, 0.4) is 0 Å². The summed E-state index contributed by atoms with van der Waals surface area (Å²) < 4.78 is 21.7. The topological polar surface area (TPSA) is 37.3 Å². The molecule has 0 aromatic carbocycles. The largest absolute Gasteiger partial charge is 0.481 e. The van der Waals surface area contributed by atoms with E-state index in [9.17, 15) is 4.79 Å². The zero-order valence-electron chi connectivity index (χ0n) is 10.6. The van der Waals surface area contributed by atoms with Crippen LogP contribution in [0.25, 0.3) is 0 Å². The molecule has 0 aliphatic rings. The standard InChI is InChI=1S/C9H18O2/c1-8(2,3)6-9(4,5)7(10)11/h6H2,1-5H3,(H,10,11)/i4D3. The maximum absolute atomic E-state index is 11.0. The van der Waals surface area contributed by atoms with E-state index in [1.807, 2.05) is 20.8 Å². The third-order valence-corrected chi connectivity index (χ3v) is 1.36. The van der Waals surface area contributed by atoms with Gasteiger partial charge in [0.25, 0.3) is 0 Å². The van der Waals surface area contributed by atoms with Crippen molar-refractivity contribution in [2.75, 3.05) is 0 Å². The molecule has 0 aliphatic carbocycles. The second-order valence-corrected chi connectivity index (χ2v) is 4.37. The minimum absolute atomic E-state index is 0.131. The average molecular weight is 161 g/mol. The molecule has 0 saturated carbocycles. The van der Waals surface area contributed by atoms with Gasteiger partial charge >= 0.3 is 5.97 Å². The van der Waals surface area contributed by atoms with Gasteiger partial charge in [-0.15, -0.1) is 0 Å². The summed E-state index contributed by atoms with van der Waals surface area (Å²) in [6.45, 7) is 4.32. The Morgan fingerprint density at radius 2 is 1.91 bits per heavy atom. The van der Waals surface area contributed by atoms with Gasteiger partial charge in [-0.3, -0.25) is 4.79 Å². The van der Waals surface area contributed by atoms with Crippen LogP contribution in [0.2, 0.25) is 0 Å². The quantitative estimate of drug-likeness (QED) is 0.675. The Labute approximate surface area is 72.8 Å². The molecule has 0 radical (unpaired) electrons. The Morgan fingerprint density at radius 1 is 1.45 bits per heavy atom. The summed E-state index contributed by atoms with van der Waals surface area (Å²) in [4.78, 5) is 11.0. The highest BCUT2D eigenvalue weighted by Gasteiger charge is 2.31. The average Bonchev–Trinajstić information content (AvgIpc) is 1.79. The highest BCUT2D eigenvalue weighted by atomic mass is 16.4. The lowest BCUT2D eigenvalue weighted by Crippen LogP contribution is -2.28. The fourth-order valence-electron chi connectivity index (χ4n) is 1.14. The van der Waals surface area contributed by atoms with Gasteiger partial charge in [0.15, 0.2) is 0 Å². The molecule has 0 aromatic rings. The molecule has 2 heteroatoms. The third kappa shape index (κ3) is 4.02. The molecule has 0 bridgehead atoms. The summed E-state index contributed by atoms with van der Waals surface area (Å²) in [5.41, 5.74) is -1.98. The van der Waals surface area contributed by atoms with Crippen LogP contribution in [0.5, 0.6) is 0 Å². The van der Waals surface area contributed by atoms with Gasteiger partial charge in [-0.2, -0.15) is 0 Å². The lowest BCUT2D eigenvalue weighted by molar-refractivity contribution is -0.148. The molecule has 0 saturated heterocycles. The molecule has 1 unspecified atom stereocenters. The highest BCUT2D eigenvalue weighted by Crippen LogP contribution is 2.32. The molecule has 0 rings (SSSR count). The summed E-state index contributed by atoms with van der Waals surface area (Å²) in [6, 6.07) is 0. The van der Waals surface area contributed by atoms with E-state index in [1.165, 1.54) is 6.92 Å². The zero-order valence-corrected chi connectivity index (χ0v) is 7.56. The molecule has 2 nitrogen and oxygen atoms in total. The number of carboxylic acids is 1. The zero-order chi connectivity index (χ0) is 11.8. The summed E-state index contributed by atoms with van der Waals surface area (Å²) >= 11 is 0. The number of hydrogen-bond donors (Lipinski definition) is 1. The van der Waals surface area contributed by atoms with E-state index in [1.54, 1.807) is 0 Å². The van der Waals surface area contributed by atoms with Gasteiger partial charge in [0, 0.05) is 4.11 Å². The highest BCUT2D eigenvalue weighted by molar-refractivity contribution is 5.73. The molecular formula is C9H18O2. The van der Waals surface area contributed by atoms with Crippen molar-refractivity contribution in [3.63, 3.8) is 0 Å². The van der Waals surface area contributed by atoms with Crippen molar-refractivity contribution in [2.24, 2.45) is 10.8 Å². The van der Waals surface area contributed by atoms with E-state index < -0.39 is 18.2 Å². The van der Waals surface area contributed by atoms with Crippen molar-refractivity contribution in [2.45, 2.75) is 41.0 Å². The predicted octanol–water partition coefficient (Wildman–Crippen LogP) is 2.53. The minimum atomic E-state index is -2.47. The van der Waals surface area contributed by atoms with Crippen LogP contribution in [0, 0.1) is 10.8 Å². The van der Waals surface area contributed by atoms with E-state index in [0.717, 1.165) is 0 Å². The SMILES string of the molecule is [2H]C([2H])([2H])C(C)(CC(C)(C)C)C(=O)O. The Balaban J connectivity index is 5.04. The Morgan fingerprint density at radius 3 is 2.00 bits per heavy atom. The predicted molar refractivity (Wildman–Crippen MR) is 45.5 cm³/mol. The molecule has 0 aromatic heterocycles. The van der Waals surface area contributed by atoms with Gasteiger partial charge in [0.05, 0.1) is 5.41 Å². The Bertz CT molecular complexity index is 227. The first-order chi connectivity index (χ1) is 5.90. The molecule has 1 N–H and O–H groups in total. The Kier molecular flexibility index (Phi) is 1.56. The summed E-state index contributed by atoms with van der Waals surface area (Å²) in [5.74, 6) is -1.26. The summed E-state index contributed by atoms with van der Waals surface area (Å²) in [6.07, 6.45) is 0.131. The van der Waals surface area contributed by atoms with Gasteiger partial charge in [0.1, 0.15) is 0 Å². The van der Waals surface area contributed by atoms with Crippen LogP contribution in [0.1, 0.15) is 45.1 Å². The molecule has 0 aliphatic heterocycles. The van der Waals surface area contributed by atoms with Gasteiger partial charge in [-0.05, 0) is 25.6 Å². The minimum Gasteiger partial charge on any atom is -0.481 e. The number of hydrogen-bond acceptors (Lipinski definition) is 1. The Hall–Kier alpha value is -0.530. The monoisotopic (exact) mass is 161 g/mol. The first-order valence-electron chi connectivity index (χ1n) is 5.13. The van der Waals surface area contributed by atoms with Crippen molar-refractivity contribution < 1.29 is 14.0 Å². The third-order valence-electron chi connectivity index (χ3n) is 1.36. The number of carbonyl (C=O) groups is 1. The van der Waals surface area contributed by atoms with Crippen LogP contribution >= 0.6 is 0 Å². The number of carboxylic acid groups (broad SMARTS) is 1. The molecule has 0 amide bonds. The van der Waals surface area contributed by atoms with Crippen molar-refractivity contribution in [1.29, 1.82) is 0 Å². The van der Waals surface area contributed by atoms with Crippen LogP contribution < -0.4 is 0 Å². The van der Waals surface area contributed by atoms with Crippen LogP contribution in [0.4, 0.5) is 0 Å². The molecular weight excluding hydrogens is 140 g/mol. The first-order valence-corrected chi connectivity index (χ1v) is 3.63. The van der Waals surface area contributed by atoms with Crippen molar-refractivity contribution >= 4 is 5.97 Å². The normalized spacial score (nSPS) is 22.7. The second-order valence-electron chi connectivity index (χ2n) is 4.37. The van der Waals surface area contributed by atoms with E-state index >= 15 is 0 Å². The maximum Gasteiger partial charge on any atom is 0.309 e. The van der Waals surface area contributed by atoms with Crippen molar-refractivity contribution in [3.05, 3.63) is 0 Å². The first kappa shape index (κ1) is 6.04. The van der Waals surface area contributed by atoms with E-state index in [4.69, 9.17) is 9.22 Å². The molecule has 0 heterocycles. The smallest absolute Gasteiger partial charge is 0.309 e. The van der Waals surface area contributed by atoms with Gasteiger partial charge in [-0.1, -0.05) is 20.8 Å². The number of aliphatic carboxylic acids is 1. The van der Waals surface area contributed by atoms with E-state index in [2.05, 4.69) is 0 Å². The molecule has 1 atom stereocenters. The maximum atomic E-state index is 11.0. The summed E-state index contributed by atoms with van der Waals surface area (Å²) in [5, 5.41) is 8.97. The van der Waals surface area contributed by atoms with E-state index in [0.29, 0.717) is 0 Å². The lowest BCUT2D eigenvalue weighted by Gasteiger charge is -2.28. The van der Waals surface area contributed by atoms with Crippen LogP contribution in [-0.2, 0) is 4.79 Å². The van der Waals surface area contributed by atoms with Crippen LogP contribution in [0.15, 0.2) is 0 Å². The van der Waals surface area contributed by atoms with E-state index in [-0.39, 0.29) is 11.8 Å². The summed E-state index contributed by atoms with van der Waals surface area (Å²) in [7, 11) is 0. The van der Waals surface area contributed by atoms with Crippen LogP contribution in [-0.4, -0.2) is 11.1 Å². The fraction of sp³-hybridized carbons (Fsp3) is 0.889.